The molecule has 1 unspecified atom stereocenters. The second kappa shape index (κ2) is 7.47. The van der Waals surface area contributed by atoms with Gasteiger partial charge >= 0.3 is 0 Å². The summed E-state index contributed by atoms with van der Waals surface area (Å²) in [6, 6.07) is 6.63. The van der Waals surface area contributed by atoms with Crippen LogP contribution in [0.4, 0.5) is 4.39 Å². The maximum atomic E-state index is 14.1. The number of benzene rings is 1. The van der Waals surface area contributed by atoms with Crippen LogP contribution >= 0.6 is 0 Å². The minimum absolute atomic E-state index is 0.0140. The highest BCUT2D eigenvalue weighted by Gasteiger charge is 2.47. The minimum Gasteiger partial charge on any atom is -0.341 e. The monoisotopic (exact) mass is 384 g/mol. The molecular weight excluding hydrogens is 359 g/mol. The van der Waals surface area contributed by atoms with E-state index in [9.17, 15) is 14.0 Å². The molecule has 1 amide bonds. The molecule has 0 aliphatic carbocycles. The molecule has 0 radical (unpaired) electrons. The van der Waals surface area contributed by atoms with E-state index in [1.165, 1.54) is 6.07 Å². The number of halogens is 1. The first-order valence-electron chi connectivity index (χ1n) is 9.75. The van der Waals surface area contributed by atoms with E-state index in [1.54, 1.807) is 47.1 Å². The minimum atomic E-state index is -0.629. The summed E-state index contributed by atoms with van der Waals surface area (Å²) < 4.78 is 15.9. The van der Waals surface area contributed by atoms with Crippen molar-refractivity contribution in [1.29, 1.82) is 0 Å². The Morgan fingerprint density at radius 3 is 2.75 bits per heavy atom. The predicted molar refractivity (Wildman–Crippen MR) is 102 cm³/mol. The van der Waals surface area contributed by atoms with E-state index in [4.69, 9.17) is 0 Å². The number of Topliss-reactive ketones (excluding diaryl/α,β-unsaturated/α-hetero) is 1. The molecule has 28 heavy (non-hydrogen) atoms. The Morgan fingerprint density at radius 2 is 2.11 bits per heavy atom. The van der Waals surface area contributed by atoms with E-state index in [0.717, 1.165) is 12.8 Å². The highest BCUT2D eigenvalue weighted by Crippen LogP contribution is 2.33. The first-order chi connectivity index (χ1) is 13.5. The van der Waals surface area contributed by atoms with Gasteiger partial charge in [0.2, 0.25) is 11.7 Å². The lowest BCUT2D eigenvalue weighted by Crippen LogP contribution is -2.64. The number of aromatic nitrogens is 2. The Kier molecular flexibility index (Phi) is 5.02. The first-order valence-corrected chi connectivity index (χ1v) is 9.75. The molecular formula is C21H25FN4O2. The maximum Gasteiger partial charge on any atom is 0.231 e. The molecule has 0 bridgehead atoms. The van der Waals surface area contributed by atoms with Crippen molar-refractivity contribution in [2.75, 3.05) is 26.2 Å². The first kappa shape index (κ1) is 18.8. The lowest BCUT2D eigenvalue weighted by molar-refractivity contribution is -0.146. The lowest BCUT2D eigenvalue weighted by Gasteiger charge is -2.46. The summed E-state index contributed by atoms with van der Waals surface area (Å²) in [7, 11) is 1.80. The second-order valence-corrected chi connectivity index (χ2v) is 7.97. The van der Waals surface area contributed by atoms with Crippen LogP contribution < -0.4 is 5.32 Å². The van der Waals surface area contributed by atoms with Crippen LogP contribution in [0.25, 0.3) is 0 Å². The number of amides is 1. The third-order valence-corrected chi connectivity index (χ3v) is 5.99. The van der Waals surface area contributed by atoms with Gasteiger partial charge in [-0.15, -0.1) is 0 Å². The van der Waals surface area contributed by atoms with Gasteiger partial charge in [-0.25, -0.2) is 9.37 Å². The fourth-order valence-electron chi connectivity index (χ4n) is 4.28. The molecule has 1 aromatic heterocycles. The van der Waals surface area contributed by atoms with E-state index in [-0.39, 0.29) is 23.4 Å². The summed E-state index contributed by atoms with van der Waals surface area (Å²) in [6.45, 7) is 2.12. The molecule has 2 fully saturated rings. The number of nitrogens with zero attached hydrogens (tertiary/aromatic N) is 3. The van der Waals surface area contributed by atoms with Crippen molar-refractivity contribution in [2.45, 2.75) is 19.3 Å². The molecule has 1 atom stereocenters. The van der Waals surface area contributed by atoms with Crippen LogP contribution in [-0.4, -0.2) is 52.3 Å². The van der Waals surface area contributed by atoms with E-state index in [2.05, 4.69) is 10.3 Å². The van der Waals surface area contributed by atoms with Gasteiger partial charge in [0, 0.05) is 51.5 Å². The van der Waals surface area contributed by atoms with Crippen LogP contribution in [-0.2, 0) is 18.3 Å². The predicted octanol–water partition coefficient (Wildman–Crippen LogP) is 1.81. The van der Waals surface area contributed by atoms with Gasteiger partial charge < -0.3 is 14.8 Å². The zero-order valence-corrected chi connectivity index (χ0v) is 16.0. The van der Waals surface area contributed by atoms with Crippen LogP contribution in [0.1, 0.15) is 29.0 Å². The van der Waals surface area contributed by atoms with Crippen LogP contribution in [0, 0.1) is 17.2 Å². The van der Waals surface area contributed by atoms with Crippen molar-refractivity contribution in [3.63, 3.8) is 0 Å². The average Bonchev–Trinajstić information content (AvgIpc) is 3.11. The molecule has 7 heteroatoms. The van der Waals surface area contributed by atoms with Gasteiger partial charge in [0.15, 0.2) is 5.82 Å². The fourth-order valence-corrected chi connectivity index (χ4v) is 4.28. The standard InChI is InChI=1S/C21H25FN4O2/c1-25-10-8-24-19(25)18(27)16-6-4-9-26(12-16)20(28)21(13-23-14-21)11-15-5-2-3-7-17(15)22/h2-3,5,7-8,10,16,23H,4,6,9,11-14H2,1H3. The van der Waals surface area contributed by atoms with E-state index in [0.29, 0.717) is 44.0 Å². The van der Waals surface area contributed by atoms with Crippen molar-refractivity contribution in [3.8, 4) is 0 Å². The smallest absolute Gasteiger partial charge is 0.231 e. The summed E-state index contributed by atoms with van der Waals surface area (Å²) in [6.07, 6.45) is 5.29. The summed E-state index contributed by atoms with van der Waals surface area (Å²) in [5, 5.41) is 3.18. The molecule has 148 valence electrons. The molecule has 2 aliphatic heterocycles. The van der Waals surface area contributed by atoms with Gasteiger partial charge in [-0.2, -0.15) is 0 Å². The molecule has 2 saturated heterocycles. The lowest BCUT2D eigenvalue weighted by atomic mass is 9.74. The molecule has 1 aromatic carbocycles. The van der Waals surface area contributed by atoms with Gasteiger partial charge in [0.05, 0.1) is 5.41 Å². The number of likely N-dealkylation sites (tertiary alicyclic amines) is 1. The molecule has 0 saturated carbocycles. The van der Waals surface area contributed by atoms with Gasteiger partial charge in [-0.05, 0) is 30.9 Å². The Balaban J connectivity index is 1.49. The third-order valence-electron chi connectivity index (χ3n) is 5.99. The quantitative estimate of drug-likeness (QED) is 0.799. The van der Waals surface area contributed by atoms with Crippen molar-refractivity contribution in [2.24, 2.45) is 18.4 Å². The molecule has 6 nitrogen and oxygen atoms in total. The molecule has 3 heterocycles. The van der Waals surface area contributed by atoms with Gasteiger partial charge in [-0.3, -0.25) is 9.59 Å². The molecule has 2 aliphatic rings. The van der Waals surface area contributed by atoms with Gasteiger partial charge in [0.25, 0.3) is 0 Å². The van der Waals surface area contributed by atoms with Crippen LogP contribution in [0.5, 0.6) is 0 Å². The number of imidazole rings is 1. The maximum absolute atomic E-state index is 14.1. The molecule has 4 rings (SSSR count). The number of aryl methyl sites for hydroxylation is 1. The summed E-state index contributed by atoms with van der Waals surface area (Å²) in [5.41, 5.74) is -0.0638. The number of carbonyl (C=O) groups is 2. The van der Waals surface area contributed by atoms with Gasteiger partial charge in [0.1, 0.15) is 5.82 Å². The van der Waals surface area contributed by atoms with Crippen molar-refractivity contribution < 1.29 is 14.0 Å². The number of hydrogen-bond donors (Lipinski definition) is 1. The van der Waals surface area contributed by atoms with Crippen molar-refractivity contribution in [3.05, 3.63) is 53.9 Å². The topological polar surface area (TPSA) is 67.2 Å². The van der Waals surface area contributed by atoms with Gasteiger partial charge in [-0.1, -0.05) is 18.2 Å². The van der Waals surface area contributed by atoms with E-state index in [1.807, 2.05) is 0 Å². The number of nitrogens with one attached hydrogen (secondary N) is 1. The van der Waals surface area contributed by atoms with Crippen LogP contribution in [0.2, 0.25) is 0 Å². The summed E-state index contributed by atoms with van der Waals surface area (Å²) in [4.78, 5) is 32.2. The number of ketones is 1. The Morgan fingerprint density at radius 1 is 1.32 bits per heavy atom. The second-order valence-electron chi connectivity index (χ2n) is 7.97. The van der Waals surface area contributed by atoms with Crippen molar-refractivity contribution in [1.82, 2.24) is 19.8 Å². The normalized spacial score (nSPS) is 21.2. The highest BCUT2D eigenvalue weighted by atomic mass is 19.1. The third kappa shape index (κ3) is 3.35. The molecule has 0 spiro atoms. The number of hydrogen-bond acceptors (Lipinski definition) is 4. The van der Waals surface area contributed by atoms with E-state index >= 15 is 0 Å². The van der Waals surface area contributed by atoms with Crippen molar-refractivity contribution >= 4 is 11.7 Å². The average molecular weight is 384 g/mol. The number of piperidine rings is 1. The Labute approximate surface area is 163 Å². The number of rotatable bonds is 5. The highest BCUT2D eigenvalue weighted by molar-refractivity contribution is 5.95. The zero-order chi connectivity index (χ0) is 19.7. The SMILES string of the molecule is Cn1ccnc1C(=O)C1CCCN(C(=O)C2(Cc3ccccc3F)CNC2)C1. The van der Waals surface area contributed by atoms with E-state index < -0.39 is 5.41 Å². The summed E-state index contributed by atoms with van der Waals surface area (Å²) in [5.74, 6) is -0.0715. The molecule has 2 aromatic rings. The van der Waals surface area contributed by atoms with Crippen LogP contribution in [0.15, 0.2) is 36.7 Å². The Hall–Kier alpha value is -2.54. The Bertz CT molecular complexity index is 890. The largest absolute Gasteiger partial charge is 0.341 e. The van der Waals surface area contributed by atoms with Crippen LogP contribution in [0.3, 0.4) is 0 Å². The molecule has 1 N–H and O–H groups in total. The fraction of sp³-hybridized carbons (Fsp3) is 0.476. The number of carbonyl (C=O) groups excluding carboxylic acids is 2. The summed E-state index contributed by atoms with van der Waals surface area (Å²) >= 11 is 0. The zero-order valence-electron chi connectivity index (χ0n) is 16.0.